The van der Waals surface area contributed by atoms with E-state index in [0.717, 1.165) is 22.0 Å². The Balaban J connectivity index is 1.68. The minimum absolute atomic E-state index is 0.150. The lowest BCUT2D eigenvalue weighted by atomic mass is 10.1. The summed E-state index contributed by atoms with van der Waals surface area (Å²) in [5.74, 6) is 1.74. The third kappa shape index (κ3) is 3.11. The van der Waals surface area contributed by atoms with Gasteiger partial charge in [-0.3, -0.25) is 9.69 Å². The van der Waals surface area contributed by atoms with Crippen molar-refractivity contribution in [2.45, 2.75) is 6.92 Å². The summed E-state index contributed by atoms with van der Waals surface area (Å²) in [7, 11) is 3.17. The molecule has 0 N–H and O–H groups in total. The molecule has 1 amide bonds. The SMILES string of the molecule is COc1ccc(/C=C2\N=C(C)N(c3ccc4ccccc4c3)C2=O)cc1OC. The molecule has 0 bridgehead atoms. The molecule has 0 saturated heterocycles. The van der Waals surface area contributed by atoms with Crippen LogP contribution in [0.1, 0.15) is 12.5 Å². The molecule has 0 fully saturated rings. The highest BCUT2D eigenvalue weighted by molar-refractivity contribution is 6.28. The molecule has 140 valence electrons. The number of carbonyl (C=O) groups is 1. The van der Waals surface area contributed by atoms with Crippen molar-refractivity contribution < 1.29 is 14.3 Å². The molecular weight excluding hydrogens is 352 g/mol. The van der Waals surface area contributed by atoms with Crippen molar-refractivity contribution in [3.05, 3.63) is 71.9 Å². The Kier molecular flexibility index (Phi) is 4.57. The number of methoxy groups -OCH3 is 2. The molecule has 0 atom stereocenters. The number of amides is 1. The molecule has 1 heterocycles. The van der Waals surface area contributed by atoms with E-state index in [1.54, 1.807) is 25.2 Å². The average Bonchev–Trinajstić information content (AvgIpc) is 3.00. The van der Waals surface area contributed by atoms with E-state index in [0.29, 0.717) is 23.0 Å². The van der Waals surface area contributed by atoms with Crippen molar-refractivity contribution >= 4 is 34.3 Å². The Morgan fingerprint density at radius 2 is 1.64 bits per heavy atom. The van der Waals surface area contributed by atoms with Gasteiger partial charge < -0.3 is 9.47 Å². The highest BCUT2D eigenvalue weighted by Gasteiger charge is 2.29. The maximum absolute atomic E-state index is 13.0. The molecule has 1 aliphatic rings. The number of benzene rings is 3. The van der Waals surface area contributed by atoms with E-state index >= 15 is 0 Å². The van der Waals surface area contributed by atoms with Crippen LogP contribution >= 0.6 is 0 Å². The second kappa shape index (κ2) is 7.19. The Hall–Kier alpha value is -3.60. The van der Waals surface area contributed by atoms with Gasteiger partial charge in [-0.25, -0.2) is 4.99 Å². The standard InChI is InChI=1S/C23H20N2O3/c1-15-24-20(12-16-8-11-21(27-2)22(13-16)28-3)23(26)25(15)19-10-9-17-6-4-5-7-18(17)14-19/h4-14H,1-3H3/b20-12-. The molecule has 1 aliphatic heterocycles. The number of anilines is 1. The first-order valence-electron chi connectivity index (χ1n) is 8.93. The first kappa shape index (κ1) is 17.8. The van der Waals surface area contributed by atoms with Gasteiger partial charge in [-0.1, -0.05) is 36.4 Å². The molecule has 0 aromatic heterocycles. The van der Waals surface area contributed by atoms with E-state index < -0.39 is 0 Å². The molecule has 4 rings (SSSR count). The third-order valence-corrected chi connectivity index (χ3v) is 4.73. The molecule has 0 unspecified atom stereocenters. The number of ether oxygens (including phenoxy) is 2. The predicted molar refractivity (Wildman–Crippen MR) is 112 cm³/mol. The zero-order chi connectivity index (χ0) is 19.7. The second-order valence-electron chi connectivity index (χ2n) is 6.48. The van der Waals surface area contributed by atoms with Crippen molar-refractivity contribution in [3.8, 4) is 11.5 Å². The third-order valence-electron chi connectivity index (χ3n) is 4.73. The monoisotopic (exact) mass is 372 g/mol. The minimum Gasteiger partial charge on any atom is -0.493 e. The molecule has 5 nitrogen and oxygen atoms in total. The van der Waals surface area contributed by atoms with Gasteiger partial charge in [-0.2, -0.15) is 0 Å². The summed E-state index contributed by atoms with van der Waals surface area (Å²) in [6, 6.07) is 19.5. The number of amidine groups is 1. The van der Waals surface area contributed by atoms with Crippen LogP contribution in [-0.4, -0.2) is 26.0 Å². The average molecular weight is 372 g/mol. The first-order valence-corrected chi connectivity index (χ1v) is 8.93. The van der Waals surface area contributed by atoms with Crippen LogP contribution in [0, 0.1) is 0 Å². The predicted octanol–water partition coefficient (Wildman–Crippen LogP) is 4.66. The summed E-state index contributed by atoms with van der Waals surface area (Å²) < 4.78 is 10.6. The van der Waals surface area contributed by atoms with Crippen LogP contribution in [0.15, 0.2) is 71.4 Å². The van der Waals surface area contributed by atoms with Gasteiger partial charge in [-0.15, -0.1) is 0 Å². The van der Waals surface area contributed by atoms with Gasteiger partial charge in [-0.05, 0) is 53.6 Å². The van der Waals surface area contributed by atoms with Crippen molar-refractivity contribution in [2.75, 3.05) is 19.1 Å². The lowest BCUT2D eigenvalue weighted by Crippen LogP contribution is -2.30. The molecule has 0 aliphatic carbocycles. The number of hydrogen-bond acceptors (Lipinski definition) is 4. The molecule has 0 saturated carbocycles. The molecule has 5 heteroatoms. The quantitative estimate of drug-likeness (QED) is 0.626. The molecule has 0 spiro atoms. The van der Waals surface area contributed by atoms with Crippen molar-refractivity contribution in [1.29, 1.82) is 0 Å². The van der Waals surface area contributed by atoms with Gasteiger partial charge in [0.2, 0.25) is 0 Å². The Bertz CT molecular complexity index is 1130. The van der Waals surface area contributed by atoms with E-state index in [2.05, 4.69) is 4.99 Å². The Morgan fingerprint density at radius 3 is 2.39 bits per heavy atom. The highest BCUT2D eigenvalue weighted by atomic mass is 16.5. The lowest BCUT2D eigenvalue weighted by molar-refractivity contribution is -0.113. The molecule has 28 heavy (non-hydrogen) atoms. The number of fused-ring (bicyclic) bond motifs is 1. The van der Waals surface area contributed by atoms with Crippen LogP contribution in [-0.2, 0) is 4.79 Å². The van der Waals surface area contributed by atoms with Crippen LogP contribution in [0.25, 0.3) is 16.8 Å². The largest absolute Gasteiger partial charge is 0.493 e. The van der Waals surface area contributed by atoms with Gasteiger partial charge >= 0.3 is 0 Å². The molecule has 3 aromatic carbocycles. The van der Waals surface area contributed by atoms with Crippen molar-refractivity contribution in [1.82, 2.24) is 0 Å². The van der Waals surface area contributed by atoms with Crippen LogP contribution < -0.4 is 14.4 Å². The van der Waals surface area contributed by atoms with Crippen LogP contribution in [0.4, 0.5) is 5.69 Å². The van der Waals surface area contributed by atoms with Crippen LogP contribution in [0.2, 0.25) is 0 Å². The van der Waals surface area contributed by atoms with E-state index in [4.69, 9.17) is 9.47 Å². The fraction of sp³-hybridized carbons (Fsp3) is 0.130. The summed E-state index contributed by atoms with van der Waals surface area (Å²) >= 11 is 0. The fourth-order valence-corrected chi connectivity index (χ4v) is 3.35. The summed E-state index contributed by atoms with van der Waals surface area (Å²) in [5.41, 5.74) is 2.01. The lowest BCUT2D eigenvalue weighted by Gasteiger charge is -2.16. The van der Waals surface area contributed by atoms with E-state index in [9.17, 15) is 4.79 Å². The second-order valence-corrected chi connectivity index (χ2v) is 6.48. The van der Waals surface area contributed by atoms with Crippen LogP contribution in [0.3, 0.4) is 0 Å². The summed E-state index contributed by atoms with van der Waals surface area (Å²) in [6.45, 7) is 1.84. The zero-order valence-corrected chi connectivity index (χ0v) is 16.0. The number of nitrogens with zero attached hydrogens (tertiary/aromatic N) is 2. The summed E-state index contributed by atoms with van der Waals surface area (Å²) in [5, 5.41) is 2.21. The Labute approximate surface area is 163 Å². The summed E-state index contributed by atoms with van der Waals surface area (Å²) in [6.07, 6.45) is 1.76. The first-order chi connectivity index (χ1) is 13.6. The van der Waals surface area contributed by atoms with Gasteiger partial charge in [0.1, 0.15) is 11.5 Å². The van der Waals surface area contributed by atoms with Gasteiger partial charge in [0.15, 0.2) is 11.5 Å². The van der Waals surface area contributed by atoms with Crippen LogP contribution in [0.5, 0.6) is 11.5 Å². The van der Waals surface area contributed by atoms with Gasteiger partial charge in [0.25, 0.3) is 5.91 Å². The Morgan fingerprint density at radius 1 is 0.893 bits per heavy atom. The number of carbonyl (C=O) groups excluding carboxylic acids is 1. The topological polar surface area (TPSA) is 51.1 Å². The van der Waals surface area contributed by atoms with Crippen molar-refractivity contribution in [3.63, 3.8) is 0 Å². The normalized spacial score (nSPS) is 15.2. The highest BCUT2D eigenvalue weighted by Crippen LogP contribution is 2.31. The number of aliphatic imine (C=N–C) groups is 1. The number of rotatable bonds is 4. The maximum atomic E-state index is 13.0. The van der Waals surface area contributed by atoms with Gasteiger partial charge in [0, 0.05) is 0 Å². The minimum atomic E-state index is -0.150. The number of hydrogen-bond donors (Lipinski definition) is 0. The fourth-order valence-electron chi connectivity index (χ4n) is 3.35. The van der Waals surface area contributed by atoms with E-state index in [1.165, 1.54) is 0 Å². The van der Waals surface area contributed by atoms with E-state index in [1.807, 2.05) is 67.6 Å². The van der Waals surface area contributed by atoms with Gasteiger partial charge in [0.05, 0.1) is 19.9 Å². The zero-order valence-electron chi connectivity index (χ0n) is 16.0. The molecule has 3 aromatic rings. The maximum Gasteiger partial charge on any atom is 0.282 e. The van der Waals surface area contributed by atoms with E-state index in [-0.39, 0.29) is 5.91 Å². The molecular formula is C23H20N2O3. The smallest absolute Gasteiger partial charge is 0.282 e. The molecule has 0 radical (unpaired) electrons. The van der Waals surface area contributed by atoms with Crippen molar-refractivity contribution in [2.24, 2.45) is 4.99 Å². The summed E-state index contributed by atoms with van der Waals surface area (Å²) in [4.78, 5) is 19.1.